The van der Waals surface area contributed by atoms with E-state index in [1.807, 2.05) is 0 Å². The van der Waals surface area contributed by atoms with Gasteiger partial charge in [-0.2, -0.15) is 0 Å². The van der Waals surface area contributed by atoms with Crippen LogP contribution in [0.4, 0.5) is 4.79 Å². The van der Waals surface area contributed by atoms with Crippen LogP contribution >= 0.6 is 0 Å². The molecule has 1 aliphatic rings. The molecule has 1 rings (SSSR count). The second-order valence-corrected chi connectivity index (χ2v) is 4.47. The number of aliphatic hydroxyl groups excluding tert-OH is 1. The van der Waals surface area contributed by atoms with E-state index in [1.165, 1.54) is 4.90 Å². The average Bonchev–Trinajstić information content (AvgIpc) is 2.42. The number of nitrogens with two attached hydrogens (primary N) is 1. The lowest BCUT2D eigenvalue weighted by atomic mass is 10.1. The lowest BCUT2D eigenvalue weighted by Crippen LogP contribution is -2.54. The number of ether oxygens (including phenoxy) is 1. The van der Waals surface area contributed by atoms with E-state index >= 15 is 0 Å². The van der Waals surface area contributed by atoms with Gasteiger partial charge in [0.25, 0.3) is 0 Å². The monoisotopic (exact) mass is 289 g/mol. The third-order valence-electron chi connectivity index (χ3n) is 2.90. The minimum Gasteiger partial charge on any atom is -0.480 e. The van der Waals surface area contributed by atoms with Crippen molar-refractivity contribution < 1.29 is 29.3 Å². The largest absolute Gasteiger partial charge is 0.480 e. The number of hydrogen-bond acceptors (Lipinski definition) is 5. The molecule has 5 N–H and O–H groups in total. The van der Waals surface area contributed by atoms with Gasteiger partial charge in [-0.25, -0.2) is 9.59 Å². The molecule has 3 amide bonds. The molecule has 1 saturated heterocycles. The van der Waals surface area contributed by atoms with E-state index in [-0.39, 0.29) is 32.6 Å². The Morgan fingerprint density at radius 2 is 2.15 bits per heavy atom. The molecule has 20 heavy (non-hydrogen) atoms. The van der Waals surface area contributed by atoms with E-state index in [2.05, 4.69) is 5.32 Å². The average molecular weight is 289 g/mol. The van der Waals surface area contributed by atoms with Gasteiger partial charge >= 0.3 is 12.0 Å². The van der Waals surface area contributed by atoms with Gasteiger partial charge in [0.15, 0.2) is 0 Å². The Labute approximate surface area is 115 Å². The predicted molar refractivity (Wildman–Crippen MR) is 66.8 cm³/mol. The third-order valence-corrected chi connectivity index (χ3v) is 2.90. The number of aliphatic hydroxyl groups is 1. The van der Waals surface area contributed by atoms with Gasteiger partial charge in [-0.1, -0.05) is 0 Å². The lowest BCUT2D eigenvalue weighted by Gasteiger charge is -2.32. The first-order valence-corrected chi connectivity index (χ1v) is 6.23. The fourth-order valence-electron chi connectivity index (χ4n) is 1.80. The van der Waals surface area contributed by atoms with Crippen LogP contribution < -0.4 is 11.1 Å². The van der Waals surface area contributed by atoms with Crippen LogP contribution in [0.25, 0.3) is 0 Å². The molecule has 1 fully saturated rings. The predicted octanol–water partition coefficient (Wildman–Crippen LogP) is -1.89. The van der Waals surface area contributed by atoms with Gasteiger partial charge in [0, 0.05) is 13.0 Å². The highest BCUT2D eigenvalue weighted by molar-refractivity contribution is 5.83. The lowest BCUT2D eigenvalue weighted by molar-refractivity contribution is -0.139. The van der Waals surface area contributed by atoms with Gasteiger partial charge < -0.3 is 30.9 Å². The molecule has 0 aromatic heterocycles. The first kappa shape index (κ1) is 16.2. The number of nitrogens with zero attached hydrogens (tertiary/aromatic N) is 1. The molecule has 2 unspecified atom stereocenters. The number of hydrogen-bond donors (Lipinski definition) is 4. The Morgan fingerprint density at radius 3 is 2.70 bits per heavy atom. The summed E-state index contributed by atoms with van der Waals surface area (Å²) in [5, 5.41) is 20.3. The SMILES string of the molecule is NC(=O)CCC(NC(=O)N1CCOC(CO)C1)C(=O)O. The molecule has 114 valence electrons. The van der Waals surface area contributed by atoms with Crippen LogP contribution in [0.3, 0.4) is 0 Å². The van der Waals surface area contributed by atoms with Crippen LogP contribution in [0.15, 0.2) is 0 Å². The molecule has 9 nitrogen and oxygen atoms in total. The van der Waals surface area contributed by atoms with Crippen molar-refractivity contribution in [2.45, 2.75) is 25.0 Å². The number of carboxylic acids is 1. The quantitative estimate of drug-likeness (QED) is 0.450. The molecule has 0 bridgehead atoms. The summed E-state index contributed by atoms with van der Waals surface area (Å²) >= 11 is 0. The van der Waals surface area contributed by atoms with Crippen molar-refractivity contribution in [2.24, 2.45) is 5.73 Å². The molecule has 1 heterocycles. The van der Waals surface area contributed by atoms with Crippen molar-refractivity contribution in [2.75, 3.05) is 26.3 Å². The molecule has 0 radical (unpaired) electrons. The van der Waals surface area contributed by atoms with Gasteiger partial charge in [0.05, 0.1) is 25.9 Å². The summed E-state index contributed by atoms with van der Waals surface area (Å²) in [6.45, 7) is 0.556. The van der Waals surface area contributed by atoms with E-state index < -0.39 is 30.1 Å². The maximum absolute atomic E-state index is 11.9. The van der Waals surface area contributed by atoms with Crippen molar-refractivity contribution in [3.63, 3.8) is 0 Å². The number of rotatable bonds is 6. The summed E-state index contributed by atoms with van der Waals surface area (Å²) in [5.41, 5.74) is 4.95. The standard InChI is InChI=1S/C11H19N3O6/c12-9(16)2-1-8(10(17)18)13-11(19)14-3-4-20-7(5-14)6-15/h7-8,15H,1-6H2,(H2,12,16)(H,13,19)(H,17,18). The number of carboxylic acid groups (broad SMARTS) is 1. The van der Waals surface area contributed by atoms with Gasteiger partial charge in [0.1, 0.15) is 6.04 Å². The number of nitrogens with one attached hydrogen (secondary N) is 1. The molecule has 0 saturated carbocycles. The van der Waals surface area contributed by atoms with Crippen molar-refractivity contribution in [3.8, 4) is 0 Å². The zero-order valence-electron chi connectivity index (χ0n) is 10.9. The van der Waals surface area contributed by atoms with Crippen LogP contribution in [0.5, 0.6) is 0 Å². The Bertz CT molecular complexity index is 375. The van der Waals surface area contributed by atoms with Gasteiger partial charge in [-0.05, 0) is 6.42 Å². The molecule has 1 aliphatic heterocycles. The Morgan fingerprint density at radius 1 is 1.45 bits per heavy atom. The maximum atomic E-state index is 11.9. The molecule has 2 atom stereocenters. The number of amides is 3. The minimum atomic E-state index is -1.23. The normalized spacial score (nSPS) is 20.2. The zero-order chi connectivity index (χ0) is 15.1. The minimum absolute atomic E-state index is 0.0653. The summed E-state index contributed by atoms with van der Waals surface area (Å²) < 4.78 is 5.19. The number of primary amides is 1. The second-order valence-electron chi connectivity index (χ2n) is 4.47. The smallest absolute Gasteiger partial charge is 0.326 e. The Kier molecular flexibility index (Phi) is 6.19. The fourth-order valence-corrected chi connectivity index (χ4v) is 1.80. The van der Waals surface area contributed by atoms with Gasteiger partial charge in [-0.15, -0.1) is 0 Å². The van der Waals surface area contributed by atoms with Crippen molar-refractivity contribution in [1.29, 1.82) is 0 Å². The molecular formula is C11H19N3O6. The molecular weight excluding hydrogens is 270 g/mol. The topological polar surface area (TPSA) is 142 Å². The van der Waals surface area contributed by atoms with E-state index in [9.17, 15) is 14.4 Å². The van der Waals surface area contributed by atoms with E-state index in [0.29, 0.717) is 6.54 Å². The first-order valence-electron chi connectivity index (χ1n) is 6.23. The van der Waals surface area contributed by atoms with Crippen LogP contribution in [0.2, 0.25) is 0 Å². The molecule has 0 aromatic carbocycles. The summed E-state index contributed by atoms with van der Waals surface area (Å²) in [6.07, 6.45) is -0.660. The van der Waals surface area contributed by atoms with Crippen molar-refractivity contribution in [3.05, 3.63) is 0 Å². The van der Waals surface area contributed by atoms with Crippen LogP contribution in [-0.4, -0.2) is 71.5 Å². The molecule has 0 aromatic rings. The summed E-state index contributed by atoms with van der Waals surface area (Å²) in [5.74, 6) is -1.86. The summed E-state index contributed by atoms with van der Waals surface area (Å²) in [6, 6.07) is -1.74. The van der Waals surface area contributed by atoms with E-state index in [1.54, 1.807) is 0 Å². The third kappa shape index (κ3) is 5.02. The highest BCUT2D eigenvalue weighted by Crippen LogP contribution is 2.06. The van der Waals surface area contributed by atoms with E-state index in [4.69, 9.17) is 20.7 Å². The number of aliphatic carboxylic acids is 1. The highest BCUT2D eigenvalue weighted by atomic mass is 16.5. The number of carbonyl (C=O) groups excluding carboxylic acids is 2. The van der Waals surface area contributed by atoms with Gasteiger partial charge in [-0.3, -0.25) is 4.79 Å². The van der Waals surface area contributed by atoms with Crippen LogP contribution in [-0.2, 0) is 14.3 Å². The Hall–Kier alpha value is -1.87. The van der Waals surface area contributed by atoms with Crippen molar-refractivity contribution in [1.82, 2.24) is 10.2 Å². The van der Waals surface area contributed by atoms with Gasteiger partial charge in [0.2, 0.25) is 5.91 Å². The highest BCUT2D eigenvalue weighted by Gasteiger charge is 2.27. The molecule has 9 heteroatoms. The summed E-state index contributed by atoms with van der Waals surface area (Å²) in [7, 11) is 0. The number of morpholine rings is 1. The Balaban J connectivity index is 2.52. The number of carbonyl (C=O) groups is 3. The summed E-state index contributed by atoms with van der Waals surface area (Å²) in [4.78, 5) is 34.9. The van der Waals surface area contributed by atoms with Crippen LogP contribution in [0, 0.1) is 0 Å². The molecule has 0 aliphatic carbocycles. The number of urea groups is 1. The maximum Gasteiger partial charge on any atom is 0.326 e. The molecule has 0 spiro atoms. The second kappa shape index (κ2) is 7.65. The zero-order valence-corrected chi connectivity index (χ0v) is 10.9. The fraction of sp³-hybridized carbons (Fsp3) is 0.727. The first-order chi connectivity index (χ1) is 9.43. The van der Waals surface area contributed by atoms with E-state index in [0.717, 1.165) is 0 Å². The van der Waals surface area contributed by atoms with Crippen LogP contribution in [0.1, 0.15) is 12.8 Å². The van der Waals surface area contributed by atoms with Crippen molar-refractivity contribution >= 4 is 17.9 Å².